The van der Waals surface area contributed by atoms with Crippen LogP contribution < -0.4 is 5.32 Å². The van der Waals surface area contributed by atoms with Gasteiger partial charge in [-0.3, -0.25) is 14.2 Å². The number of benzene rings is 3. The highest BCUT2D eigenvalue weighted by Crippen LogP contribution is 2.28. The first-order chi connectivity index (χ1) is 16.8. The maximum Gasteiger partial charge on any atom is 0.253 e. The molecule has 35 heavy (non-hydrogen) atoms. The van der Waals surface area contributed by atoms with Gasteiger partial charge in [-0.1, -0.05) is 65.4 Å². The van der Waals surface area contributed by atoms with Gasteiger partial charge in [0.15, 0.2) is 11.0 Å². The number of hydrogen-bond acceptors (Lipinski definition) is 5. The van der Waals surface area contributed by atoms with Crippen molar-refractivity contribution in [2.45, 2.75) is 19.0 Å². The molecule has 8 heteroatoms. The number of anilines is 1. The standard InChI is InChI=1S/C27H27N5O2S/c1-18-8-12-20(13-9-18)25-29-30-27(32(25)23-14-10-19(2)11-15-23)35-17-24(33)28-22-7-5-6-21(16-22)26(34)31(3)4/h5-16H,17H2,1-4H3,(H,28,33). The molecule has 0 spiro atoms. The van der Waals surface area contributed by atoms with Crippen molar-refractivity contribution in [1.29, 1.82) is 0 Å². The molecule has 0 aliphatic rings. The first-order valence-corrected chi connectivity index (χ1v) is 12.1. The van der Waals surface area contributed by atoms with Crippen molar-refractivity contribution < 1.29 is 9.59 Å². The zero-order valence-corrected chi connectivity index (χ0v) is 21.0. The summed E-state index contributed by atoms with van der Waals surface area (Å²) in [6.07, 6.45) is 0. The lowest BCUT2D eigenvalue weighted by molar-refractivity contribution is -0.113. The number of aromatic nitrogens is 3. The number of amides is 2. The van der Waals surface area contributed by atoms with Crippen LogP contribution in [0.15, 0.2) is 78.0 Å². The van der Waals surface area contributed by atoms with Crippen LogP contribution >= 0.6 is 11.8 Å². The van der Waals surface area contributed by atoms with Crippen LogP contribution in [0.4, 0.5) is 5.69 Å². The van der Waals surface area contributed by atoms with E-state index >= 15 is 0 Å². The largest absolute Gasteiger partial charge is 0.345 e. The van der Waals surface area contributed by atoms with Crippen LogP contribution in [-0.4, -0.2) is 51.3 Å². The smallest absolute Gasteiger partial charge is 0.253 e. The molecule has 3 aromatic carbocycles. The van der Waals surface area contributed by atoms with E-state index in [-0.39, 0.29) is 17.6 Å². The Balaban J connectivity index is 1.55. The lowest BCUT2D eigenvalue weighted by Crippen LogP contribution is -2.22. The van der Waals surface area contributed by atoms with Crippen molar-refractivity contribution in [3.8, 4) is 17.1 Å². The highest BCUT2D eigenvalue weighted by molar-refractivity contribution is 7.99. The Kier molecular flexibility index (Phi) is 7.31. The highest BCUT2D eigenvalue weighted by atomic mass is 32.2. The second-order valence-electron chi connectivity index (χ2n) is 8.46. The summed E-state index contributed by atoms with van der Waals surface area (Å²) in [6.45, 7) is 4.08. The lowest BCUT2D eigenvalue weighted by atomic mass is 10.1. The first-order valence-electron chi connectivity index (χ1n) is 11.2. The minimum absolute atomic E-state index is 0.120. The molecule has 1 heterocycles. The molecule has 4 rings (SSSR count). The molecule has 0 bridgehead atoms. The topological polar surface area (TPSA) is 80.1 Å². The van der Waals surface area contributed by atoms with E-state index in [0.29, 0.717) is 22.2 Å². The van der Waals surface area contributed by atoms with E-state index in [1.54, 1.807) is 38.4 Å². The summed E-state index contributed by atoms with van der Waals surface area (Å²) in [5.74, 6) is 0.542. The van der Waals surface area contributed by atoms with Gasteiger partial charge in [0.1, 0.15) is 0 Å². The Hall–Kier alpha value is -3.91. The molecule has 0 aliphatic carbocycles. The van der Waals surface area contributed by atoms with E-state index in [2.05, 4.69) is 15.5 Å². The quantitative estimate of drug-likeness (QED) is 0.373. The summed E-state index contributed by atoms with van der Waals surface area (Å²) in [7, 11) is 3.39. The number of carbonyl (C=O) groups is 2. The second kappa shape index (κ2) is 10.6. The number of nitrogens with zero attached hydrogens (tertiary/aromatic N) is 4. The monoisotopic (exact) mass is 485 g/mol. The van der Waals surface area contributed by atoms with Crippen molar-refractivity contribution in [2.24, 2.45) is 0 Å². The predicted molar refractivity (Wildman–Crippen MR) is 140 cm³/mol. The molecule has 0 fully saturated rings. The van der Waals surface area contributed by atoms with E-state index < -0.39 is 0 Å². The molecule has 7 nitrogen and oxygen atoms in total. The van der Waals surface area contributed by atoms with Crippen molar-refractivity contribution >= 4 is 29.3 Å². The molecule has 1 aromatic heterocycles. The average Bonchev–Trinajstić information content (AvgIpc) is 3.27. The zero-order chi connectivity index (χ0) is 24.9. The van der Waals surface area contributed by atoms with Crippen LogP contribution in [-0.2, 0) is 4.79 Å². The van der Waals surface area contributed by atoms with Crippen molar-refractivity contribution in [3.05, 3.63) is 89.5 Å². The second-order valence-corrected chi connectivity index (χ2v) is 9.40. The summed E-state index contributed by atoms with van der Waals surface area (Å²) in [4.78, 5) is 26.4. The molecular formula is C27H27N5O2S. The molecule has 0 aliphatic heterocycles. The average molecular weight is 486 g/mol. The van der Waals surface area contributed by atoms with E-state index in [4.69, 9.17) is 0 Å². The fourth-order valence-corrected chi connectivity index (χ4v) is 4.25. The predicted octanol–water partition coefficient (Wildman–Crippen LogP) is 4.98. The Morgan fingerprint density at radius 1 is 0.914 bits per heavy atom. The minimum Gasteiger partial charge on any atom is -0.345 e. The van der Waals surface area contributed by atoms with Crippen LogP contribution in [0, 0.1) is 13.8 Å². The molecule has 0 atom stereocenters. The van der Waals surface area contributed by atoms with Crippen LogP contribution in [0.3, 0.4) is 0 Å². The maximum absolute atomic E-state index is 12.7. The van der Waals surface area contributed by atoms with E-state index in [0.717, 1.165) is 22.4 Å². The molecule has 0 unspecified atom stereocenters. The Labute approximate surface area is 209 Å². The highest BCUT2D eigenvalue weighted by Gasteiger charge is 2.18. The van der Waals surface area contributed by atoms with Crippen molar-refractivity contribution in [3.63, 3.8) is 0 Å². The van der Waals surface area contributed by atoms with Gasteiger partial charge >= 0.3 is 0 Å². The number of rotatable bonds is 7. The summed E-state index contributed by atoms with van der Waals surface area (Å²) in [5.41, 5.74) is 5.28. The number of aryl methyl sites for hydroxylation is 2. The van der Waals surface area contributed by atoms with Gasteiger partial charge < -0.3 is 10.2 Å². The van der Waals surface area contributed by atoms with Crippen LogP contribution in [0.2, 0.25) is 0 Å². The minimum atomic E-state index is -0.195. The number of hydrogen-bond donors (Lipinski definition) is 1. The number of nitrogens with one attached hydrogen (secondary N) is 1. The molecule has 0 saturated carbocycles. The van der Waals surface area contributed by atoms with Gasteiger partial charge in [0.2, 0.25) is 5.91 Å². The molecule has 0 saturated heterocycles. The first kappa shape index (κ1) is 24.2. The van der Waals surface area contributed by atoms with Gasteiger partial charge in [-0.15, -0.1) is 10.2 Å². The van der Waals surface area contributed by atoms with Crippen molar-refractivity contribution in [2.75, 3.05) is 25.2 Å². The Morgan fingerprint density at radius 3 is 2.23 bits per heavy atom. The third-order valence-corrected chi connectivity index (χ3v) is 6.30. The summed E-state index contributed by atoms with van der Waals surface area (Å²) < 4.78 is 1.97. The van der Waals surface area contributed by atoms with Crippen LogP contribution in [0.25, 0.3) is 17.1 Å². The zero-order valence-electron chi connectivity index (χ0n) is 20.1. The molecule has 178 valence electrons. The van der Waals surface area contributed by atoms with Gasteiger partial charge in [-0.05, 0) is 44.2 Å². The third kappa shape index (κ3) is 5.78. The van der Waals surface area contributed by atoms with Gasteiger partial charge in [-0.25, -0.2) is 0 Å². The summed E-state index contributed by atoms with van der Waals surface area (Å²) in [5, 5.41) is 12.3. The molecule has 2 amide bonds. The SMILES string of the molecule is Cc1ccc(-c2nnc(SCC(=O)Nc3cccc(C(=O)N(C)C)c3)n2-c2ccc(C)cc2)cc1. The normalized spacial score (nSPS) is 10.7. The van der Waals surface area contributed by atoms with Crippen LogP contribution in [0.1, 0.15) is 21.5 Å². The Morgan fingerprint density at radius 2 is 1.57 bits per heavy atom. The van der Waals surface area contributed by atoms with Gasteiger partial charge in [0, 0.05) is 36.6 Å². The van der Waals surface area contributed by atoms with Crippen molar-refractivity contribution in [1.82, 2.24) is 19.7 Å². The van der Waals surface area contributed by atoms with E-state index in [1.165, 1.54) is 16.7 Å². The fourth-order valence-electron chi connectivity index (χ4n) is 3.49. The molecular weight excluding hydrogens is 458 g/mol. The summed E-state index contributed by atoms with van der Waals surface area (Å²) in [6, 6.07) is 23.2. The van der Waals surface area contributed by atoms with Gasteiger partial charge in [0.05, 0.1) is 5.75 Å². The van der Waals surface area contributed by atoms with Gasteiger partial charge in [-0.2, -0.15) is 0 Å². The number of carbonyl (C=O) groups excluding carboxylic acids is 2. The third-order valence-electron chi connectivity index (χ3n) is 5.37. The van der Waals surface area contributed by atoms with Gasteiger partial charge in [0.25, 0.3) is 5.91 Å². The Bertz CT molecular complexity index is 1350. The molecule has 0 radical (unpaired) electrons. The van der Waals surface area contributed by atoms with E-state index in [9.17, 15) is 9.59 Å². The van der Waals surface area contributed by atoms with E-state index in [1.807, 2.05) is 66.9 Å². The molecule has 4 aromatic rings. The molecule has 1 N–H and O–H groups in total. The fraction of sp³-hybridized carbons (Fsp3) is 0.185. The summed E-state index contributed by atoms with van der Waals surface area (Å²) >= 11 is 1.31. The lowest BCUT2D eigenvalue weighted by Gasteiger charge is -2.12. The maximum atomic E-state index is 12.7. The van der Waals surface area contributed by atoms with Crippen LogP contribution in [0.5, 0.6) is 0 Å². The number of thioether (sulfide) groups is 1.